The SMILES string of the molecule is C(=N\OCc1cccc(CO/N=C/c2ccco2)c1)/c1ccco1. The molecule has 0 amide bonds. The van der Waals surface area contributed by atoms with Gasteiger partial charge in [0, 0.05) is 0 Å². The van der Waals surface area contributed by atoms with Crippen molar-refractivity contribution in [2.75, 3.05) is 0 Å². The summed E-state index contributed by atoms with van der Waals surface area (Å²) in [6.45, 7) is 0.724. The molecule has 24 heavy (non-hydrogen) atoms. The third-order valence-corrected chi connectivity index (χ3v) is 3.05. The highest BCUT2D eigenvalue weighted by Gasteiger charge is 1.98. The molecule has 0 saturated carbocycles. The first-order valence-electron chi connectivity index (χ1n) is 7.36. The summed E-state index contributed by atoms with van der Waals surface area (Å²) >= 11 is 0. The Labute approximate surface area is 139 Å². The van der Waals surface area contributed by atoms with Crippen LogP contribution in [0.3, 0.4) is 0 Å². The monoisotopic (exact) mass is 324 g/mol. The highest BCUT2D eigenvalue weighted by atomic mass is 16.6. The zero-order valence-corrected chi connectivity index (χ0v) is 12.9. The van der Waals surface area contributed by atoms with E-state index in [4.69, 9.17) is 18.5 Å². The number of hydrogen-bond acceptors (Lipinski definition) is 6. The average molecular weight is 324 g/mol. The van der Waals surface area contributed by atoms with Gasteiger partial charge in [0.15, 0.2) is 0 Å². The Morgan fingerprint density at radius 2 is 1.29 bits per heavy atom. The zero-order valence-electron chi connectivity index (χ0n) is 12.9. The fourth-order valence-electron chi connectivity index (χ4n) is 1.94. The minimum Gasteiger partial charge on any atom is -0.463 e. The van der Waals surface area contributed by atoms with Gasteiger partial charge in [-0.05, 0) is 41.5 Å². The number of hydrogen-bond donors (Lipinski definition) is 0. The van der Waals surface area contributed by atoms with Crippen LogP contribution in [0.5, 0.6) is 0 Å². The van der Waals surface area contributed by atoms with Crippen LogP contribution in [0.15, 0.2) is 80.2 Å². The molecule has 3 rings (SSSR count). The van der Waals surface area contributed by atoms with Gasteiger partial charge in [-0.1, -0.05) is 28.5 Å². The lowest BCUT2D eigenvalue weighted by Gasteiger charge is -2.03. The first kappa shape index (κ1) is 15.6. The Balaban J connectivity index is 1.45. The van der Waals surface area contributed by atoms with Crippen molar-refractivity contribution in [3.05, 3.63) is 83.7 Å². The van der Waals surface area contributed by atoms with E-state index in [9.17, 15) is 0 Å². The minimum absolute atomic E-state index is 0.362. The molecule has 0 aliphatic rings. The lowest BCUT2D eigenvalue weighted by atomic mass is 10.1. The molecule has 122 valence electrons. The minimum atomic E-state index is 0.362. The summed E-state index contributed by atoms with van der Waals surface area (Å²) in [5, 5.41) is 7.72. The molecular weight excluding hydrogens is 308 g/mol. The first-order chi connectivity index (χ1) is 11.9. The van der Waals surface area contributed by atoms with E-state index in [1.54, 1.807) is 36.8 Å². The Kier molecular flexibility index (Phi) is 5.45. The summed E-state index contributed by atoms with van der Waals surface area (Å²) in [6.07, 6.45) is 6.21. The Hall–Kier alpha value is -3.28. The second-order valence-electron chi connectivity index (χ2n) is 4.87. The molecule has 6 heteroatoms. The van der Waals surface area contributed by atoms with E-state index in [1.807, 2.05) is 24.3 Å². The van der Waals surface area contributed by atoms with Gasteiger partial charge in [-0.3, -0.25) is 0 Å². The molecule has 0 bridgehead atoms. The van der Waals surface area contributed by atoms with Crippen molar-refractivity contribution < 1.29 is 18.5 Å². The van der Waals surface area contributed by atoms with E-state index in [0.717, 1.165) is 11.1 Å². The molecule has 2 aromatic heterocycles. The van der Waals surface area contributed by atoms with Gasteiger partial charge < -0.3 is 18.5 Å². The second-order valence-corrected chi connectivity index (χ2v) is 4.87. The fraction of sp³-hybridized carbons (Fsp3) is 0.111. The fourth-order valence-corrected chi connectivity index (χ4v) is 1.94. The summed E-state index contributed by atoms with van der Waals surface area (Å²) in [6, 6.07) is 15.0. The number of oxime groups is 2. The standard InChI is InChI=1S/C18H16N2O4/c1-4-15(13-23-19-11-17-6-2-8-21-17)10-16(5-1)14-24-20-12-18-7-3-9-22-18/h1-12H,13-14H2/b19-11+,20-12+. The molecule has 0 atom stereocenters. The van der Waals surface area contributed by atoms with Crippen LogP contribution in [0, 0.1) is 0 Å². The van der Waals surface area contributed by atoms with Crippen molar-refractivity contribution in [3.8, 4) is 0 Å². The van der Waals surface area contributed by atoms with Gasteiger partial charge in [-0.2, -0.15) is 0 Å². The first-order valence-corrected chi connectivity index (χ1v) is 7.36. The number of benzene rings is 1. The van der Waals surface area contributed by atoms with Crippen LogP contribution >= 0.6 is 0 Å². The summed E-state index contributed by atoms with van der Waals surface area (Å²) in [5.74, 6) is 1.29. The van der Waals surface area contributed by atoms with Crippen LogP contribution in [0.2, 0.25) is 0 Å². The second kappa shape index (κ2) is 8.38. The predicted molar refractivity (Wildman–Crippen MR) is 88.6 cm³/mol. The summed E-state index contributed by atoms with van der Waals surface area (Å²) < 4.78 is 10.2. The molecule has 0 aliphatic carbocycles. The predicted octanol–water partition coefficient (Wildman–Crippen LogP) is 3.97. The molecule has 0 radical (unpaired) electrons. The molecule has 0 spiro atoms. The molecule has 0 unspecified atom stereocenters. The van der Waals surface area contributed by atoms with E-state index in [2.05, 4.69) is 10.3 Å². The Bertz CT molecular complexity index is 714. The van der Waals surface area contributed by atoms with Gasteiger partial charge in [0.05, 0.1) is 12.5 Å². The van der Waals surface area contributed by atoms with E-state index in [-0.39, 0.29) is 0 Å². The van der Waals surface area contributed by atoms with Crippen molar-refractivity contribution in [3.63, 3.8) is 0 Å². The lowest BCUT2D eigenvalue weighted by molar-refractivity contribution is 0.127. The summed E-state index contributed by atoms with van der Waals surface area (Å²) in [7, 11) is 0. The Morgan fingerprint density at radius 1 is 0.750 bits per heavy atom. The largest absolute Gasteiger partial charge is 0.463 e. The number of rotatable bonds is 8. The molecule has 0 fully saturated rings. The van der Waals surface area contributed by atoms with Crippen molar-refractivity contribution in [2.45, 2.75) is 13.2 Å². The maximum atomic E-state index is 5.25. The zero-order chi connectivity index (χ0) is 16.5. The average Bonchev–Trinajstić information content (AvgIpc) is 3.30. The summed E-state index contributed by atoms with van der Waals surface area (Å²) in [5.41, 5.74) is 1.98. The van der Waals surface area contributed by atoms with E-state index in [1.165, 1.54) is 12.4 Å². The third kappa shape index (κ3) is 4.88. The van der Waals surface area contributed by atoms with Crippen molar-refractivity contribution in [1.29, 1.82) is 0 Å². The lowest BCUT2D eigenvalue weighted by Crippen LogP contribution is -1.92. The molecule has 0 N–H and O–H groups in total. The molecule has 3 aromatic rings. The number of nitrogens with zero attached hydrogens (tertiary/aromatic N) is 2. The molecular formula is C18H16N2O4. The maximum Gasteiger partial charge on any atom is 0.148 e. The maximum absolute atomic E-state index is 5.25. The van der Waals surface area contributed by atoms with Gasteiger partial charge in [0.1, 0.15) is 37.2 Å². The smallest absolute Gasteiger partial charge is 0.148 e. The van der Waals surface area contributed by atoms with Crippen LogP contribution in [-0.2, 0) is 22.9 Å². The van der Waals surface area contributed by atoms with Crippen molar-refractivity contribution in [1.82, 2.24) is 0 Å². The van der Waals surface area contributed by atoms with Crippen LogP contribution in [0.25, 0.3) is 0 Å². The third-order valence-electron chi connectivity index (χ3n) is 3.05. The molecule has 2 heterocycles. The van der Waals surface area contributed by atoms with Crippen molar-refractivity contribution >= 4 is 12.4 Å². The topological polar surface area (TPSA) is 69.5 Å². The van der Waals surface area contributed by atoms with E-state index >= 15 is 0 Å². The molecule has 0 saturated heterocycles. The highest BCUT2D eigenvalue weighted by Crippen LogP contribution is 2.08. The summed E-state index contributed by atoms with van der Waals surface area (Å²) in [4.78, 5) is 10.5. The van der Waals surface area contributed by atoms with Crippen LogP contribution in [0.4, 0.5) is 0 Å². The van der Waals surface area contributed by atoms with Crippen LogP contribution in [0.1, 0.15) is 22.6 Å². The quantitative estimate of drug-likeness (QED) is 0.464. The van der Waals surface area contributed by atoms with Gasteiger partial charge in [-0.25, -0.2) is 0 Å². The molecule has 6 nitrogen and oxygen atoms in total. The highest BCUT2D eigenvalue weighted by molar-refractivity contribution is 5.75. The molecule has 0 aliphatic heterocycles. The number of furan rings is 2. The Morgan fingerprint density at radius 3 is 1.75 bits per heavy atom. The van der Waals surface area contributed by atoms with Crippen molar-refractivity contribution in [2.24, 2.45) is 10.3 Å². The molecule has 1 aromatic carbocycles. The van der Waals surface area contributed by atoms with Gasteiger partial charge in [0.2, 0.25) is 0 Å². The van der Waals surface area contributed by atoms with E-state index < -0.39 is 0 Å². The van der Waals surface area contributed by atoms with Gasteiger partial charge in [0.25, 0.3) is 0 Å². The van der Waals surface area contributed by atoms with Crippen LogP contribution in [-0.4, -0.2) is 12.4 Å². The normalized spacial score (nSPS) is 11.3. The van der Waals surface area contributed by atoms with Gasteiger partial charge in [-0.15, -0.1) is 0 Å². The van der Waals surface area contributed by atoms with Crippen LogP contribution < -0.4 is 0 Å². The van der Waals surface area contributed by atoms with Gasteiger partial charge >= 0.3 is 0 Å². The van der Waals surface area contributed by atoms with E-state index in [0.29, 0.717) is 24.7 Å².